The molecule has 2 aromatic heterocycles. The average molecular weight is 586 g/mol. The van der Waals surface area contributed by atoms with Crippen LogP contribution in [0, 0.1) is 5.92 Å². The minimum absolute atomic E-state index is 0.00967. The number of carbonyl (C=O) groups excluding carboxylic acids is 2. The number of alkyl halides is 5. The van der Waals surface area contributed by atoms with E-state index in [4.69, 9.17) is 0 Å². The van der Waals surface area contributed by atoms with Crippen molar-refractivity contribution in [3.05, 3.63) is 28.5 Å². The molecule has 2 saturated carbocycles. The molecular formula is C26H28F5N5O3S. The van der Waals surface area contributed by atoms with E-state index >= 15 is 0 Å². The molecule has 0 radical (unpaired) electrons. The van der Waals surface area contributed by atoms with Crippen LogP contribution in [0.2, 0.25) is 0 Å². The summed E-state index contributed by atoms with van der Waals surface area (Å²) in [6, 6.07) is -1.48. The Hall–Kier alpha value is -2.87. The van der Waals surface area contributed by atoms with Crippen molar-refractivity contribution < 1.29 is 36.6 Å². The van der Waals surface area contributed by atoms with E-state index in [1.54, 1.807) is 4.90 Å². The Morgan fingerprint density at radius 1 is 1.05 bits per heavy atom. The van der Waals surface area contributed by atoms with E-state index in [1.807, 2.05) is 0 Å². The third kappa shape index (κ3) is 5.04. The Balaban J connectivity index is 1.37. The Labute approximate surface area is 230 Å². The minimum atomic E-state index is -4.57. The normalized spacial score (nSPS) is 26.6. The SMILES string of the molecule is O=C(N[C@H]1CC[C@@H]1O)c1nc(C(=O)N2[C@H]3CC[C@H]2CC3)c(-c2cnc(N[C@@H](C3CC3)C(F)(F)F)cc2C(F)F)s1. The van der Waals surface area contributed by atoms with Gasteiger partial charge in [-0.15, -0.1) is 11.3 Å². The van der Waals surface area contributed by atoms with Crippen LogP contribution >= 0.6 is 11.3 Å². The summed E-state index contributed by atoms with van der Waals surface area (Å²) in [5.74, 6) is -2.10. The largest absolute Gasteiger partial charge is 0.408 e. The Kier molecular flexibility index (Phi) is 6.96. The quantitative estimate of drug-likeness (QED) is 0.380. The second-order valence-electron chi connectivity index (χ2n) is 11.1. The van der Waals surface area contributed by atoms with Crippen molar-refractivity contribution in [2.24, 2.45) is 5.92 Å². The van der Waals surface area contributed by atoms with E-state index in [-0.39, 0.29) is 39.0 Å². The van der Waals surface area contributed by atoms with Crippen molar-refractivity contribution in [2.45, 2.75) is 94.2 Å². The van der Waals surface area contributed by atoms with Crippen LogP contribution in [0.4, 0.5) is 27.8 Å². The summed E-state index contributed by atoms with van der Waals surface area (Å²) in [5, 5.41) is 14.7. The first kappa shape index (κ1) is 27.3. The lowest BCUT2D eigenvalue weighted by atomic mass is 9.89. The summed E-state index contributed by atoms with van der Waals surface area (Å²) in [7, 11) is 0. The van der Waals surface area contributed by atoms with Crippen LogP contribution in [0.25, 0.3) is 10.4 Å². The van der Waals surface area contributed by atoms with E-state index in [2.05, 4.69) is 20.6 Å². The van der Waals surface area contributed by atoms with Gasteiger partial charge in [-0.1, -0.05) is 0 Å². The summed E-state index contributed by atoms with van der Waals surface area (Å²) in [6.45, 7) is 0. The highest BCUT2D eigenvalue weighted by Crippen LogP contribution is 2.44. The third-order valence-corrected chi connectivity index (χ3v) is 9.52. The number of thiazole rings is 1. The molecule has 4 aliphatic rings. The number of amides is 2. The lowest BCUT2D eigenvalue weighted by molar-refractivity contribution is -0.146. The van der Waals surface area contributed by atoms with Crippen LogP contribution in [0.1, 0.15) is 83.6 Å². The molecule has 2 saturated heterocycles. The maximum absolute atomic E-state index is 14.3. The molecule has 2 amide bonds. The summed E-state index contributed by atoms with van der Waals surface area (Å²) in [6.07, 6.45) is -2.17. The van der Waals surface area contributed by atoms with E-state index in [9.17, 15) is 36.6 Å². The molecule has 0 spiro atoms. The van der Waals surface area contributed by atoms with Crippen molar-refractivity contribution in [1.29, 1.82) is 0 Å². The smallest absolute Gasteiger partial charge is 0.391 e. The van der Waals surface area contributed by atoms with Gasteiger partial charge in [0.05, 0.1) is 17.0 Å². The summed E-state index contributed by atoms with van der Waals surface area (Å²) in [5.41, 5.74) is -0.929. The highest BCUT2D eigenvalue weighted by atomic mass is 32.1. The maximum atomic E-state index is 14.3. The fourth-order valence-corrected chi connectivity index (χ4v) is 6.96. The third-order valence-electron chi connectivity index (χ3n) is 8.43. The highest BCUT2D eigenvalue weighted by molar-refractivity contribution is 7.17. The number of hydrogen-bond acceptors (Lipinski definition) is 7. The van der Waals surface area contributed by atoms with Crippen LogP contribution in [-0.2, 0) is 0 Å². The minimum Gasteiger partial charge on any atom is -0.391 e. The molecule has 2 aliphatic heterocycles. The second kappa shape index (κ2) is 10.2. The van der Waals surface area contributed by atoms with Crippen LogP contribution in [0.15, 0.2) is 12.3 Å². The zero-order valence-corrected chi connectivity index (χ0v) is 22.1. The highest BCUT2D eigenvalue weighted by Gasteiger charge is 2.49. The molecule has 0 aromatic carbocycles. The molecule has 40 heavy (non-hydrogen) atoms. The summed E-state index contributed by atoms with van der Waals surface area (Å²) >= 11 is 0.753. The molecule has 8 nitrogen and oxygen atoms in total. The number of aliphatic hydroxyl groups excluding tert-OH is 1. The Morgan fingerprint density at radius 3 is 2.25 bits per heavy atom. The fraction of sp³-hybridized carbons (Fsp3) is 0.615. The number of aliphatic hydroxyl groups is 1. The standard InChI is InChI=1S/C26H28F5N5O3S/c27-22(28)14-9-18(34-21(11-1-2-11)26(29,30)31)32-10-15(14)20-19(25(39)36-12-3-4-13(36)6-5-12)35-24(40-20)23(38)33-16-7-8-17(16)37/h9-13,16-17,21-22,37H,1-8H2,(H,32,34)(H,33,38)/t12-,13-,16-,17-,21-/m0/s1. The van der Waals surface area contributed by atoms with Crippen LogP contribution in [0.5, 0.6) is 0 Å². The Bertz CT molecular complexity index is 1300. The number of aromatic nitrogens is 2. The van der Waals surface area contributed by atoms with Gasteiger partial charge >= 0.3 is 6.18 Å². The lowest BCUT2D eigenvalue weighted by Crippen LogP contribution is -2.50. The van der Waals surface area contributed by atoms with Gasteiger partial charge < -0.3 is 20.6 Å². The number of pyridine rings is 1. The van der Waals surface area contributed by atoms with E-state index in [0.29, 0.717) is 25.7 Å². The van der Waals surface area contributed by atoms with Crippen molar-refractivity contribution in [3.8, 4) is 10.4 Å². The zero-order valence-electron chi connectivity index (χ0n) is 21.3. The van der Waals surface area contributed by atoms with Crippen molar-refractivity contribution in [3.63, 3.8) is 0 Å². The number of nitrogens with zero attached hydrogens (tertiary/aromatic N) is 3. The molecule has 2 bridgehead atoms. The molecule has 216 valence electrons. The molecule has 3 N–H and O–H groups in total. The monoisotopic (exact) mass is 585 g/mol. The van der Waals surface area contributed by atoms with Gasteiger partial charge in [-0.05, 0) is 63.4 Å². The number of halogens is 5. The van der Waals surface area contributed by atoms with Gasteiger partial charge in [-0.25, -0.2) is 18.7 Å². The first-order valence-electron chi connectivity index (χ1n) is 13.5. The molecule has 2 aromatic rings. The predicted octanol–water partition coefficient (Wildman–Crippen LogP) is 4.92. The Morgan fingerprint density at radius 2 is 1.73 bits per heavy atom. The first-order valence-corrected chi connectivity index (χ1v) is 14.3. The van der Waals surface area contributed by atoms with Gasteiger partial charge in [0, 0.05) is 29.4 Å². The topological polar surface area (TPSA) is 107 Å². The number of nitrogens with one attached hydrogen (secondary N) is 2. The van der Waals surface area contributed by atoms with Gasteiger partial charge in [0.1, 0.15) is 17.6 Å². The molecular weight excluding hydrogens is 557 g/mol. The van der Waals surface area contributed by atoms with Gasteiger partial charge in [0.15, 0.2) is 5.01 Å². The number of hydrogen-bond donors (Lipinski definition) is 3. The first-order chi connectivity index (χ1) is 19.0. The van der Waals surface area contributed by atoms with Gasteiger partial charge in [-0.3, -0.25) is 9.59 Å². The molecule has 0 unspecified atom stereocenters. The molecule has 2 aliphatic carbocycles. The molecule has 4 fully saturated rings. The van der Waals surface area contributed by atoms with E-state index < -0.39 is 54.1 Å². The maximum Gasteiger partial charge on any atom is 0.408 e. The van der Waals surface area contributed by atoms with Gasteiger partial charge in [0.25, 0.3) is 18.2 Å². The number of carbonyl (C=O) groups is 2. The van der Waals surface area contributed by atoms with Crippen molar-refractivity contribution >= 4 is 29.0 Å². The predicted molar refractivity (Wildman–Crippen MR) is 135 cm³/mol. The van der Waals surface area contributed by atoms with Crippen LogP contribution < -0.4 is 10.6 Å². The van der Waals surface area contributed by atoms with Crippen LogP contribution in [0.3, 0.4) is 0 Å². The summed E-state index contributed by atoms with van der Waals surface area (Å²) in [4.78, 5) is 36.7. The van der Waals surface area contributed by atoms with Crippen molar-refractivity contribution in [1.82, 2.24) is 20.2 Å². The summed E-state index contributed by atoms with van der Waals surface area (Å²) < 4.78 is 69.3. The average Bonchev–Trinajstić information content (AvgIpc) is 3.34. The van der Waals surface area contributed by atoms with Crippen LogP contribution in [-0.4, -0.2) is 68.2 Å². The second-order valence-corrected chi connectivity index (χ2v) is 12.1. The lowest BCUT2D eigenvalue weighted by Gasteiger charge is -2.32. The van der Waals surface area contributed by atoms with E-state index in [1.165, 1.54) is 0 Å². The fourth-order valence-electron chi connectivity index (χ4n) is 5.97. The molecule has 3 atom stereocenters. The van der Waals surface area contributed by atoms with Gasteiger partial charge in [0.2, 0.25) is 0 Å². The zero-order chi connectivity index (χ0) is 28.3. The van der Waals surface area contributed by atoms with Crippen molar-refractivity contribution in [2.75, 3.05) is 5.32 Å². The molecule has 14 heteroatoms. The van der Waals surface area contributed by atoms with E-state index in [0.717, 1.165) is 49.3 Å². The number of fused-ring (bicyclic) bond motifs is 2. The molecule has 4 heterocycles. The van der Waals surface area contributed by atoms with Gasteiger partial charge in [-0.2, -0.15) is 13.2 Å². The molecule has 6 rings (SSSR count). The number of anilines is 1. The number of rotatable bonds is 8.